The van der Waals surface area contributed by atoms with Gasteiger partial charge in [-0.05, 0) is 45.2 Å². The topological polar surface area (TPSA) is 41.1 Å². The van der Waals surface area contributed by atoms with Gasteiger partial charge in [0.2, 0.25) is 5.95 Å². The van der Waals surface area contributed by atoms with Crippen LogP contribution in [0.1, 0.15) is 42.1 Å². The van der Waals surface area contributed by atoms with E-state index in [4.69, 9.17) is 4.98 Å². The highest BCUT2D eigenvalue weighted by Gasteiger charge is 2.09. The zero-order valence-electron chi connectivity index (χ0n) is 15.2. The number of aryl methyl sites for hydroxylation is 4. The first-order valence-electron chi connectivity index (χ1n) is 8.32. The van der Waals surface area contributed by atoms with Crippen molar-refractivity contribution < 1.29 is 0 Å². The van der Waals surface area contributed by atoms with Gasteiger partial charge in [0.1, 0.15) is 5.82 Å². The van der Waals surface area contributed by atoms with E-state index < -0.39 is 0 Å². The van der Waals surface area contributed by atoms with Gasteiger partial charge in [0.15, 0.2) is 0 Å². The maximum atomic E-state index is 4.69. The Hall–Kier alpha value is -2.10. The number of unbranched alkanes of at least 4 members (excludes halogenated alkanes) is 1. The van der Waals surface area contributed by atoms with Crippen molar-refractivity contribution in [3.63, 3.8) is 0 Å². The molecule has 0 aliphatic heterocycles. The summed E-state index contributed by atoms with van der Waals surface area (Å²) >= 11 is 0. The van der Waals surface area contributed by atoms with Gasteiger partial charge in [-0.1, -0.05) is 31.0 Å². The third-order valence-corrected chi connectivity index (χ3v) is 3.96. The van der Waals surface area contributed by atoms with E-state index in [1.807, 2.05) is 13.0 Å². The molecule has 4 nitrogen and oxygen atoms in total. The lowest BCUT2D eigenvalue weighted by atomic mass is 10.1. The van der Waals surface area contributed by atoms with Crippen molar-refractivity contribution in [1.29, 1.82) is 0 Å². The predicted octanol–water partition coefficient (Wildman–Crippen LogP) is 4.69. The minimum atomic E-state index is 0.781. The van der Waals surface area contributed by atoms with Crippen LogP contribution in [0.5, 0.6) is 0 Å². The lowest BCUT2D eigenvalue weighted by molar-refractivity contribution is 0.749. The fraction of sp³-hybridized carbons (Fsp3) is 0.474. The Morgan fingerprint density at radius 2 is 1.65 bits per heavy atom. The van der Waals surface area contributed by atoms with Gasteiger partial charge in [0, 0.05) is 31.0 Å². The van der Waals surface area contributed by atoms with Gasteiger partial charge in [-0.3, -0.25) is 0 Å². The molecule has 0 bridgehead atoms. The molecule has 0 amide bonds. The number of rotatable bonds is 6. The smallest absolute Gasteiger partial charge is 0.227 e. The van der Waals surface area contributed by atoms with Crippen LogP contribution in [0, 0.1) is 27.7 Å². The molecule has 23 heavy (non-hydrogen) atoms. The summed E-state index contributed by atoms with van der Waals surface area (Å²) in [7, 11) is 2.05. The Labute approximate surface area is 140 Å². The van der Waals surface area contributed by atoms with E-state index in [0.29, 0.717) is 0 Å². The van der Waals surface area contributed by atoms with Crippen molar-refractivity contribution in [2.24, 2.45) is 0 Å². The number of anilines is 3. The van der Waals surface area contributed by atoms with Gasteiger partial charge < -0.3 is 10.2 Å². The summed E-state index contributed by atoms with van der Waals surface area (Å²) in [5, 5.41) is 3.48. The summed E-state index contributed by atoms with van der Waals surface area (Å²) in [4.78, 5) is 11.4. The standard InChI is InChI=1S/C19H28N4/c1-7-8-9-23(6)19-20-16(5)12-17(22-19)21-18-14(3)10-13(2)11-15(18)4/h10-12H,7-9H2,1-6H3,(H,20,21,22). The van der Waals surface area contributed by atoms with Gasteiger partial charge in [-0.2, -0.15) is 4.98 Å². The van der Waals surface area contributed by atoms with Crippen molar-refractivity contribution in [2.75, 3.05) is 23.8 Å². The molecule has 2 rings (SSSR count). The minimum Gasteiger partial charge on any atom is -0.344 e. The van der Waals surface area contributed by atoms with Gasteiger partial charge in [-0.25, -0.2) is 4.98 Å². The molecule has 1 N–H and O–H groups in total. The third-order valence-electron chi connectivity index (χ3n) is 3.96. The second-order valence-corrected chi connectivity index (χ2v) is 6.37. The van der Waals surface area contributed by atoms with Gasteiger partial charge in [-0.15, -0.1) is 0 Å². The van der Waals surface area contributed by atoms with Gasteiger partial charge in [0.05, 0.1) is 0 Å². The molecule has 1 heterocycles. The SMILES string of the molecule is CCCCN(C)c1nc(C)cc(Nc2c(C)cc(C)cc2C)n1. The summed E-state index contributed by atoms with van der Waals surface area (Å²) in [5.74, 6) is 1.63. The molecule has 0 unspecified atom stereocenters. The quantitative estimate of drug-likeness (QED) is 0.840. The van der Waals surface area contributed by atoms with Crippen LogP contribution >= 0.6 is 0 Å². The second kappa shape index (κ2) is 7.44. The van der Waals surface area contributed by atoms with Crippen LogP contribution in [0.2, 0.25) is 0 Å². The number of nitrogens with one attached hydrogen (secondary N) is 1. The van der Waals surface area contributed by atoms with E-state index in [2.05, 4.69) is 62.1 Å². The largest absolute Gasteiger partial charge is 0.344 e. The molecule has 0 saturated heterocycles. The van der Waals surface area contributed by atoms with Crippen LogP contribution < -0.4 is 10.2 Å². The van der Waals surface area contributed by atoms with Gasteiger partial charge in [0.25, 0.3) is 0 Å². The first kappa shape index (κ1) is 17.3. The summed E-state index contributed by atoms with van der Waals surface area (Å²) in [5.41, 5.74) is 5.86. The monoisotopic (exact) mass is 312 g/mol. The van der Waals surface area contributed by atoms with Crippen molar-refractivity contribution in [1.82, 2.24) is 9.97 Å². The Kier molecular flexibility index (Phi) is 5.59. The highest BCUT2D eigenvalue weighted by Crippen LogP contribution is 2.26. The molecular weight excluding hydrogens is 284 g/mol. The van der Waals surface area contributed by atoms with E-state index in [1.165, 1.54) is 23.1 Å². The third kappa shape index (κ3) is 4.44. The second-order valence-electron chi connectivity index (χ2n) is 6.37. The molecule has 4 heteroatoms. The van der Waals surface area contributed by atoms with Crippen LogP contribution in [0.15, 0.2) is 18.2 Å². The minimum absolute atomic E-state index is 0.781. The number of hydrogen-bond donors (Lipinski definition) is 1. The van der Waals surface area contributed by atoms with Crippen molar-refractivity contribution in [3.05, 3.63) is 40.6 Å². The predicted molar refractivity (Wildman–Crippen MR) is 98.9 cm³/mol. The normalized spacial score (nSPS) is 10.7. The summed E-state index contributed by atoms with van der Waals surface area (Å²) in [6.45, 7) is 11.6. The Morgan fingerprint density at radius 1 is 1.00 bits per heavy atom. The van der Waals surface area contributed by atoms with E-state index in [9.17, 15) is 0 Å². The van der Waals surface area contributed by atoms with E-state index in [0.717, 1.165) is 36.1 Å². The Morgan fingerprint density at radius 3 is 2.26 bits per heavy atom. The fourth-order valence-corrected chi connectivity index (χ4v) is 2.79. The maximum Gasteiger partial charge on any atom is 0.227 e. The van der Waals surface area contributed by atoms with E-state index in [1.54, 1.807) is 0 Å². The molecule has 2 aromatic rings. The first-order valence-corrected chi connectivity index (χ1v) is 8.32. The lowest BCUT2D eigenvalue weighted by Crippen LogP contribution is -2.21. The highest BCUT2D eigenvalue weighted by molar-refractivity contribution is 5.66. The fourth-order valence-electron chi connectivity index (χ4n) is 2.79. The van der Waals surface area contributed by atoms with Crippen LogP contribution in [-0.4, -0.2) is 23.6 Å². The van der Waals surface area contributed by atoms with Crippen molar-refractivity contribution in [3.8, 4) is 0 Å². The summed E-state index contributed by atoms with van der Waals surface area (Å²) < 4.78 is 0. The summed E-state index contributed by atoms with van der Waals surface area (Å²) in [6.07, 6.45) is 2.32. The molecule has 0 saturated carbocycles. The number of nitrogens with zero attached hydrogens (tertiary/aromatic N) is 3. The highest BCUT2D eigenvalue weighted by atomic mass is 15.2. The van der Waals surface area contributed by atoms with Crippen LogP contribution in [0.4, 0.5) is 17.5 Å². The van der Waals surface area contributed by atoms with Gasteiger partial charge >= 0.3 is 0 Å². The molecule has 0 fully saturated rings. The van der Waals surface area contributed by atoms with Crippen LogP contribution in [0.3, 0.4) is 0 Å². The first-order chi connectivity index (χ1) is 10.9. The zero-order chi connectivity index (χ0) is 17.0. The Balaban J connectivity index is 2.29. The number of aromatic nitrogens is 2. The summed E-state index contributed by atoms with van der Waals surface area (Å²) in [6, 6.07) is 6.38. The molecule has 0 atom stereocenters. The Bertz CT molecular complexity index is 656. The van der Waals surface area contributed by atoms with E-state index >= 15 is 0 Å². The maximum absolute atomic E-state index is 4.69. The van der Waals surface area contributed by atoms with Crippen molar-refractivity contribution in [2.45, 2.75) is 47.5 Å². The molecule has 0 radical (unpaired) electrons. The average molecular weight is 312 g/mol. The molecule has 0 aliphatic carbocycles. The van der Waals surface area contributed by atoms with Crippen LogP contribution in [0.25, 0.3) is 0 Å². The molecule has 1 aromatic carbocycles. The molecular formula is C19H28N4. The lowest BCUT2D eigenvalue weighted by Gasteiger charge is -2.19. The van der Waals surface area contributed by atoms with Crippen molar-refractivity contribution >= 4 is 17.5 Å². The molecule has 1 aromatic heterocycles. The number of hydrogen-bond acceptors (Lipinski definition) is 4. The molecule has 124 valence electrons. The number of benzene rings is 1. The van der Waals surface area contributed by atoms with Crippen LogP contribution in [-0.2, 0) is 0 Å². The average Bonchev–Trinajstić information content (AvgIpc) is 2.48. The van der Waals surface area contributed by atoms with E-state index in [-0.39, 0.29) is 0 Å². The molecule has 0 spiro atoms. The molecule has 0 aliphatic rings. The zero-order valence-corrected chi connectivity index (χ0v) is 15.2.